The number of rotatable bonds is 4. The second kappa shape index (κ2) is 6.59. The Morgan fingerprint density at radius 1 is 1.19 bits per heavy atom. The lowest BCUT2D eigenvalue weighted by Crippen LogP contribution is -2.16. The molecule has 134 valence electrons. The third-order valence-electron chi connectivity index (χ3n) is 4.25. The largest absolute Gasteiger partial charge is 0.457 e. The molecule has 6 nitrogen and oxygen atoms in total. The highest BCUT2D eigenvalue weighted by molar-refractivity contribution is 7.90. The van der Waals surface area contributed by atoms with Crippen LogP contribution in [0.2, 0.25) is 0 Å². The van der Waals surface area contributed by atoms with Crippen molar-refractivity contribution < 1.29 is 22.1 Å². The summed E-state index contributed by atoms with van der Waals surface area (Å²) in [6, 6.07) is 7.27. The van der Waals surface area contributed by atoms with Gasteiger partial charge in [0.25, 0.3) is 10.1 Å². The van der Waals surface area contributed by atoms with Gasteiger partial charge in [0.2, 0.25) is 0 Å². The molecular formula is C19H17NO5S. The summed E-state index contributed by atoms with van der Waals surface area (Å²) < 4.78 is 41.2. The average Bonchev–Trinajstić information content (AvgIpc) is 2.66. The summed E-state index contributed by atoms with van der Waals surface area (Å²) in [4.78, 5) is 4.55. The number of aromatic nitrogens is 1. The van der Waals surface area contributed by atoms with E-state index in [1.165, 1.54) is 6.26 Å². The third-order valence-corrected chi connectivity index (χ3v) is 5.66. The number of pyridine rings is 1. The average molecular weight is 371 g/mol. The van der Waals surface area contributed by atoms with E-state index in [1.54, 1.807) is 30.5 Å². The fourth-order valence-corrected chi connectivity index (χ4v) is 3.80. The molecule has 2 heterocycles. The van der Waals surface area contributed by atoms with Crippen LogP contribution in [-0.4, -0.2) is 20.0 Å². The van der Waals surface area contributed by atoms with Gasteiger partial charge in [-0.2, -0.15) is 8.42 Å². The molecule has 0 atom stereocenters. The molecule has 0 unspecified atom stereocenters. The summed E-state index contributed by atoms with van der Waals surface area (Å²) in [5, 5.41) is 0.786. The van der Waals surface area contributed by atoms with Gasteiger partial charge in [0.15, 0.2) is 17.3 Å². The van der Waals surface area contributed by atoms with Gasteiger partial charge >= 0.3 is 0 Å². The van der Waals surface area contributed by atoms with E-state index in [9.17, 15) is 8.42 Å². The molecule has 26 heavy (non-hydrogen) atoms. The first-order valence-electron chi connectivity index (χ1n) is 8.20. The van der Waals surface area contributed by atoms with Crippen molar-refractivity contribution in [3.63, 3.8) is 0 Å². The van der Waals surface area contributed by atoms with E-state index < -0.39 is 10.1 Å². The van der Waals surface area contributed by atoms with Gasteiger partial charge < -0.3 is 9.47 Å². The standard InChI is InChI=1S/C19H17NO5S/c1-13-4-6-15(7-5-13)26(21,22)24-12-14-11-23-18-9-8-17-16(19(18)25-14)3-2-10-20-17/h2-4,6,8-11H,5,7,12H2,1H3. The number of nitrogens with zero attached hydrogens (tertiary/aromatic N) is 1. The van der Waals surface area contributed by atoms with Crippen LogP contribution in [0.5, 0.6) is 11.5 Å². The molecule has 1 aromatic heterocycles. The lowest BCUT2D eigenvalue weighted by Gasteiger charge is -2.20. The monoisotopic (exact) mass is 371 g/mol. The van der Waals surface area contributed by atoms with E-state index in [4.69, 9.17) is 13.7 Å². The molecule has 2 aliphatic rings. The van der Waals surface area contributed by atoms with E-state index >= 15 is 0 Å². The second-order valence-electron chi connectivity index (χ2n) is 6.13. The van der Waals surface area contributed by atoms with Crippen molar-refractivity contribution in [2.75, 3.05) is 6.61 Å². The number of hydrogen-bond donors (Lipinski definition) is 0. The molecule has 2 aromatic rings. The highest BCUT2D eigenvalue weighted by Gasteiger charge is 2.23. The molecule has 0 spiro atoms. The fourth-order valence-electron chi connectivity index (χ4n) is 2.79. The van der Waals surface area contributed by atoms with Gasteiger partial charge in [-0.05, 0) is 50.1 Å². The molecular weight excluding hydrogens is 354 g/mol. The molecule has 1 aliphatic carbocycles. The minimum atomic E-state index is -3.80. The first-order valence-corrected chi connectivity index (χ1v) is 9.61. The van der Waals surface area contributed by atoms with Gasteiger partial charge in [0.1, 0.15) is 12.9 Å². The smallest absolute Gasteiger partial charge is 0.293 e. The minimum Gasteiger partial charge on any atom is -0.457 e. The molecule has 1 aliphatic heterocycles. The maximum absolute atomic E-state index is 12.3. The van der Waals surface area contributed by atoms with E-state index in [0.717, 1.165) is 16.5 Å². The molecule has 0 amide bonds. The van der Waals surface area contributed by atoms with Crippen LogP contribution in [-0.2, 0) is 14.3 Å². The Hall–Kier alpha value is -2.64. The van der Waals surface area contributed by atoms with Gasteiger partial charge in [-0.3, -0.25) is 9.17 Å². The maximum Gasteiger partial charge on any atom is 0.293 e. The Kier molecular flexibility index (Phi) is 4.26. The molecule has 0 N–H and O–H groups in total. The molecule has 0 radical (unpaired) electrons. The predicted molar refractivity (Wildman–Crippen MR) is 97.0 cm³/mol. The van der Waals surface area contributed by atoms with Crippen LogP contribution in [0.15, 0.2) is 65.1 Å². The van der Waals surface area contributed by atoms with Crippen LogP contribution in [0.1, 0.15) is 19.8 Å². The SMILES string of the molecule is CC1=CC=C(S(=O)(=O)OCC2=COc3ccc4ncccc4c3O2)CC1. The summed E-state index contributed by atoms with van der Waals surface area (Å²) in [6.07, 6.45) is 7.60. The molecule has 1 aromatic carbocycles. The Bertz CT molecular complexity index is 1070. The highest BCUT2D eigenvalue weighted by atomic mass is 32.2. The summed E-state index contributed by atoms with van der Waals surface area (Å²) in [5.74, 6) is 1.33. The minimum absolute atomic E-state index is 0.238. The number of ether oxygens (including phenoxy) is 2. The zero-order valence-corrected chi connectivity index (χ0v) is 15.0. The number of benzene rings is 1. The van der Waals surface area contributed by atoms with Crippen LogP contribution < -0.4 is 9.47 Å². The zero-order chi connectivity index (χ0) is 18.1. The third kappa shape index (κ3) is 3.23. The normalized spacial score (nSPS) is 16.7. The van der Waals surface area contributed by atoms with Crippen LogP contribution in [0, 0.1) is 0 Å². The maximum atomic E-state index is 12.3. The van der Waals surface area contributed by atoms with Crippen LogP contribution in [0.3, 0.4) is 0 Å². The second-order valence-corrected chi connectivity index (χ2v) is 7.80. The first-order chi connectivity index (χ1) is 12.5. The summed E-state index contributed by atoms with van der Waals surface area (Å²) in [6.45, 7) is 1.73. The topological polar surface area (TPSA) is 74.7 Å². The molecule has 7 heteroatoms. The Labute approximate surface area is 151 Å². The van der Waals surface area contributed by atoms with E-state index in [2.05, 4.69) is 4.98 Å². The highest BCUT2D eigenvalue weighted by Crippen LogP contribution is 2.38. The predicted octanol–water partition coefficient (Wildman–Crippen LogP) is 3.82. The van der Waals surface area contributed by atoms with Gasteiger partial charge in [-0.1, -0.05) is 11.6 Å². The Morgan fingerprint density at radius 2 is 2.08 bits per heavy atom. The van der Waals surface area contributed by atoms with Gasteiger partial charge in [0.05, 0.1) is 10.4 Å². The Morgan fingerprint density at radius 3 is 2.88 bits per heavy atom. The number of hydrogen-bond acceptors (Lipinski definition) is 6. The molecule has 0 saturated carbocycles. The van der Waals surface area contributed by atoms with Gasteiger partial charge in [-0.25, -0.2) is 0 Å². The lowest BCUT2D eigenvalue weighted by atomic mass is 10.1. The molecule has 0 fully saturated rings. The summed E-state index contributed by atoms with van der Waals surface area (Å²) in [7, 11) is -3.80. The van der Waals surface area contributed by atoms with Crippen molar-refractivity contribution in [2.24, 2.45) is 0 Å². The van der Waals surface area contributed by atoms with Crippen molar-refractivity contribution in [3.05, 3.63) is 65.1 Å². The first kappa shape index (κ1) is 16.8. The summed E-state index contributed by atoms with van der Waals surface area (Å²) in [5.41, 5.74) is 1.91. The zero-order valence-electron chi connectivity index (χ0n) is 14.1. The van der Waals surface area contributed by atoms with Crippen molar-refractivity contribution >= 4 is 21.0 Å². The number of fused-ring (bicyclic) bond motifs is 3. The molecule has 4 rings (SSSR count). The van der Waals surface area contributed by atoms with Crippen molar-refractivity contribution in [2.45, 2.75) is 19.8 Å². The number of allylic oxidation sites excluding steroid dienone is 4. The lowest BCUT2D eigenvalue weighted by molar-refractivity contribution is 0.253. The van der Waals surface area contributed by atoms with Crippen molar-refractivity contribution in [1.29, 1.82) is 0 Å². The van der Waals surface area contributed by atoms with Gasteiger partial charge in [-0.15, -0.1) is 0 Å². The van der Waals surface area contributed by atoms with Crippen molar-refractivity contribution in [3.8, 4) is 11.5 Å². The van der Waals surface area contributed by atoms with Gasteiger partial charge in [0, 0.05) is 11.6 Å². The van der Waals surface area contributed by atoms with Crippen LogP contribution >= 0.6 is 0 Å². The quantitative estimate of drug-likeness (QED) is 0.761. The van der Waals surface area contributed by atoms with Crippen LogP contribution in [0.4, 0.5) is 0 Å². The van der Waals surface area contributed by atoms with E-state index in [0.29, 0.717) is 24.3 Å². The molecule has 0 bridgehead atoms. The van der Waals surface area contributed by atoms with E-state index in [-0.39, 0.29) is 17.3 Å². The fraction of sp³-hybridized carbons (Fsp3) is 0.211. The Balaban J connectivity index is 1.51. The van der Waals surface area contributed by atoms with Crippen LogP contribution in [0.25, 0.3) is 10.9 Å². The summed E-state index contributed by atoms with van der Waals surface area (Å²) >= 11 is 0. The molecule has 0 saturated heterocycles. The van der Waals surface area contributed by atoms with E-state index in [1.807, 2.05) is 19.1 Å². The van der Waals surface area contributed by atoms with Crippen molar-refractivity contribution in [1.82, 2.24) is 4.98 Å².